The summed E-state index contributed by atoms with van der Waals surface area (Å²) < 4.78 is 19.2. The van der Waals surface area contributed by atoms with Crippen molar-refractivity contribution in [2.24, 2.45) is 0 Å². The highest BCUT2D eigenvalue weighted by molar-refractivity contribution is 7.80. The van der Waals surface area contributed by atoms with Gasteiger partial charge in [-0.25, -0.2) is 4.39 Å². The Balaban J connectivity index is 1.63. The molecule has 0 fully saturated rings. The van der Waals surface area contributed by atoms with Crippen molar-refractivity contribution in [3.05, 3.63) is 59.9 Å². The number of hydrazine groups is 1. The fourth-order valence-electron chi connectivity index (χ4n) is 2.38. The number of anilines is 1. The number of amides is 1. The monoisotopic (exact) mass is 403 g/mol. The largest absolute Gasteiger partial charge is 0.494 e. The van der Waals surface area contributed by atoms with Gasteiger partial charge in [-0.1, -0.05) is 45.0 Å². The van der Waals surface area contributed by atoms with Crippen LogP contribution in [0.3, 0.4) is 0 Å². The normalized spacial score (nSPS) is 10.9. The van der Waals surface area contributed by atoms with Crippen LogP contribution in [0.25, 0.3) is 0 Å². The molecule has 2 rings (SSSR count). The van der Waals surface area contributed by atoms with E-state index in [0.29, 0.717) is 13.0 Å². The van der Waals surface area contributed by atoms with E-state index < -0.39 is 5.82 Å². The molecule has 0 spiro atoms. The summed E-state index contributed by atoms with van der Waals surface area (Å²) in [6.45, 7) is 6.91. The average molecular weight is 404 g/mol. The minimum atomic E-state index is -0.425. The fraction of sp³-hybridized carbons (Fsp3) is 0.333. The van der Waals surface area contributed by atoms with Gasteiger partial charge >= 0.3 is 0 Å². The minimum absolute atomic E-state index is 0.103. The van der Waals surface area contributed by atoms with E-state index in [0.717, 1.165) is 5.75 Å². The van der Waals surface area contributed by atoms with Gasteiger partial charge in [0.1, 0.15) is 11.6 Å². The molecule has 0 heterocycles. The zero-order chi connectivity index (χ0) is 20.6. The molecule has 0 aliphatic rings. The van der Waals surface area contributed by atoms with E-state index in [-0.39, 0.29) is 28.5 Å². The van der Waals surface area contributed by atoms with Crippen molar-refractivity contribution < 1.29 is 13.9 Å². The molecular weight excluding hydrogens is 377 g/mol. The summed E-state index contributed by atoms with van der Waals surface area (Å²) in [6, 6.07) is 14.1. The molecule has 150 valence electrons. The SMILES string of the molecule is CC(C)(C)c1ccc(OCCCC(=O)NNC(=S)Nc2ccccc2F)cc1. The van der Waals surface area contributed by atoms with Crippen LogP contribution in [0.4, 0.5) is 10.1 Å². The third-order valence-electron chi connectivity index (χ3n) is 3.97. The Morgan fingerprint density at radius 1 is 1.07 bits per heavy atom. The molecule has 5 nitrogen and oxygen atoms in total. The molecule has 0 atom stereocenters. The van der Waals surface area contributed by atoms with Crippen LogP contribution in [0.15, 0.2) is 48.5 Å². The number of carbonyl (C=O) groups is 1. The summed E-state index contributed by atoms with van der Waals surface area (Å²) in [6.07, 6.45) is 0.831. The van der Waals surface area contributed by atoms with E-state index in [1.54, 1.807) is 18.2 Å². The molecular formula is C21H26FN3O2S. The number of rotatable bonds is 6. The van der Waals surface area contributed by atoms with Crippen molar-refractivity contribution in [1.29, 1.82) is 0 Å². The van der Waals surface area contributed by atoms with Crippen LogP contribution >= 0.6 is 12.2 Å². The maximum absolute atomic E-state index is 13.5. The molecule has 0 aromatic heterocycles. The number of hydrogen-bond acceptors (Lipinski definition) is 3. The number of nitrogens with one attached hydrogen (secondary N) is 3. The van der Waals surface area contributed by atoms with Crippen molar-refractivity contribution in [2.45, 2.75) is 39.0 Å². The summed E-state index contributed by atoms with van der Waals surface area (Å²) in [5.74, 6) is 0.122. The third-order valence-corrected chi connectivity index (χ3v) is 4.18. The third kappa shape index (κ3) is 7.15. The number of halogens is 1. The number of ether oxygens (including phenoxy) is 1. The van der Waals surface area contributed by atoms with Crippen molar-refractivity contribution in [2.75, 3.05) is 11.9 Å². The summed E-state index contributed by atoms with van der Waals surface area (Å²) in [4.78, 5) is 11.8. The number of hydrogen-bond donors (Lipinski definition) is 3. The Morgan fingerprint density at radius 3 is 2.39 bits per heavy atom. The van der Waals surface area contributed by atoms with Crippen LogP contribution in [0.1, 0.15) is 39.2 Å². The Morgan fingerprint density at radius 2 is 1.75 bits per heavy atom. The van der Waals surface area contributed by atoms with Crippen molar-refractivity contribution >= 4 is 28.9 Å². The van der Waals surface area contributed by atoms with E-state index in [2.05, 4.69) is 49.1 Å². The topological polar surface area (TPSA) is 62.4 Å². The van der Waals surface area contributed by atoms with Crippen LogP contribution in [0.2, 0.25) is 0 Å². The lowest BCUT2D eigenvalue weighted by Crippen LogP contribution is -2.43. The quantitative estimate of drug-likeness (QED) is 0.381. The van der Waals surface area contributed by atoms with Gasteiger partial charge in [0.15, 0.2) is 5.11 Å². The summed E-state index contributed by atoms with van der Waals surface area (Å²) in [5.41, 5.74) is 6.60. The highest BCUT2D eigenvalue weighted by atomic mass is 32.1. The number of para-hydroxylation sites is 1. The summed E-state index contributed by atoms with van der Waals surface area (Å²) >= 11 is 5.02. The first-order chi connectivity index (χ1) is 13.3. The predicted octanol–water partition coefficient (Wildman–Crippen LogP) is 4.30. The van der Waals surface area contributed by atoms with Crippen molar-refractivity contribution in [1.82, 2.24) is 10.9 Å². The summed E-state index contributed by atoms with van der Waals surface area (Å²) in [7, 11) is 0. The molecule has 28 heavy (non-hydrogen) atoms. The number of thiocarbonyl (C=S) groups is 1. The fourth-order valence-corrected chi connectivity index (χ4v) is 2.54. The van der Waals surface area contributed by atoms with Gasteiger partial charge in [-0.2, -0.15) is 0 Å². The number of benzene rings is 2. The van der Waals surface area contributed by atoms with Gasteiger partial charge in [0, 0.05) is 6.42 Å². The molecule has 0 saturated heterocycles. The Labute approximate surface area is 170 Å². The van der Waals surface area contributed by atoms with Gasteiger partial charge in [-0.15, -0.1) is 0 Å². The highest BCUT2D eigenvalue weighted by Gasteiger charge is 2.13. The van der Waals surface area contributed by atoms with E-state index in [9.17, 15) is 9.18 Å². The molecule has 7 heteroatoms. The molecule has 0 saturated carbocycles. The van der Waals surface area contributed by atoms with E-state index in [1.807, 2.05) is 12.1 Å². The van der Waals surface area contributed by atoms with E-state index in [4.69, 9.17) is 17.0 Å². The molecule has 0 aliphatic carbocycles. The maximum atomic E-state index is 13.5. The lowest BCUT2D eigenvalue weighted by Gasteiger charge is -2.19. The van der Waals surface area contributed by atoms with Gasteiger partial charge in [0.05, 0.1) is 12.3 Å². The second-order valence-corrected chi connectivity index (χ2v) is 7.74. The molecule has 0 aliphatic heterocycles. The van der Waals surface area contributed by atoms with Gasteiger partial charge in [-0.3, -0.25) is 15.6 Å². The molecule has 2 aromatic carbocycles. The predicted molar refractivity (Wildman–Crippen MR) is 114 cm³/mol. The first kappa shape index (κ1) is 21.6. The molecule has 2 aromatic rings. The highest BCUT2D eigenvalue weighted by Crippen LogP contribution is 2.24. The lowest BCUT2D eigenvalue weighted by atomic mass is 9.87. The van der Waals surface area contributed by atoms with Crippen molar-refractivity contribution in [3.63, 3.8) is 0 Å². The standard InChI is InChI=1S/C21H26FN3O2S/c1-21(2,3)15-10-12-16(13-11-15)27-14-6-9-19(26)24-25-20(28)23-18-8-5-4-7-17(18)22/h4-5,7-8,10-13H,6,9,14H2,1-3H3,(H,24,26)(H2,23,25,28). The first-order valence-electron chi connectivity index (χ1n) is 9.09. The Bertz CT molecular complexity index is 804. The van der Waals surface area contributed by atoms with E-state index >= 15 is 0 Å². The van der Waals surface area contributed by atoms with E-state index in [1.165, 1.54) is 11.6 Å². The van der Waals surface area contributed by atoms with Gasteiger partial charge in [-0.05, 0) is 53.9 Å². The van der Waals surface area contributed by atoms with Crippen LogP contribution < -0.4 is 20.9 Å². The molecule has 0 unspecified atom stereocenters. The minimum Gasteiger partial charge on any atom is -0.494 e. The zero-order valence-corrected chi connectivity index (χ0v) is 17.2. The van der Waals surface area contributed by atoms with Gasteiger partial charge in [0.25, 0.3) is 0 Å². The van der Waals surface area contributed by atoms with Crippen molar-refractivity contribution in [3.8, 4) is 5.75 Å². The zero-order valence-electron chi connectivity index (χ0n) is 16.3. The lowest BCUT2D eigenvalue weighted by molar-refractivity contribution is -0.121. The molecule has 0 bridgehead atoms. The Kier molecular flexibility index (Phi) is 7.75. The van der Waals surface area contributed by atoms with Crippen LogP contribution in [0.5, 0.6) is 5.75 Å². The average Bonchev–Trinajstić information content (AvgIpc) is 2.65. The molecule has 0 radical (unpaired) electrons. The second kappa shape index (κ2) is 10.0. The maximum Gasteiger partial charge on any atom is 0.238 e. The van der Waals surface area contributed by atoms with Gasteiger partial charge in [0.2, 0.25) is 5.91 Å². The molecule has 1 amide bonds. The second-order valence-electron chi connectivity index (χ2n) is 7.33. The first-order valence-corrected chi connectivity index (χ1v) is 9.50. The molecule has 3 N–H and O–H groups in total. The Hall–Kier alpha value is -2.67. The number of carbonyl (C=O) groups excluding carboxylic acids is 1. The van der Waals surface area contributed by atoms with Crippen LogP contribution in [-0.2, 0) is 10.2 Å². The van der Waals surface area contributed by atoms with Crippen LogP contribution in [-0.4, -0.2) is 17.6 Å². The van der Waals surface area contributed by atoms with Gasteiger partial charge < -0.3 is 10.1 Å². The van der Waals surface area contributed by atoms with Crippen LogP contribution in [0, 0.1) is 5.82 Å². The summed E-state index contributed by atoms with van der Waals surface area (Å²) in [5, 5.41) is 2.78. The smallest absolute Gasteiger partial charge is 0.238 e.